The summed E-state index contributed by atoms with van der Waals surface area (Å²) in [4.78, 5) is 17.0. The van der Waals surface area contributed by atoms with Crippen molar-refractivity contribution in [2.75, 3.05) is 19.8 Å². The van der Waals surface area contributed by atoms with Gasteiger partial charge in [-0.05, 0) is 43.9 Å². The monoisotopic (exact) mass is 357 g/mol. The molecule has 2 N–H and O–H groups in total. The standard InChI is InChI=1S/C18H19N3O3S/c1-11-16(17(23)20-6-7-22)25-18(21-11)13-4-5-15(14(8-13)9-19)24-10-12-2-3-12/h4-5,8,12,22H,2-3,6-7,10H2,1H3,(H,20,23). The van der Waals surface area contributed by atoms with Gasteiger partial charge in [-0.1, -0.05) is 0 Å². The largest absolute Gasteiger partial charge is 0.492 e. The summed E-state index contributed by atoms with van der Waals surface area (Å²) in [5.74, 6) is 0.959. The maximum Gasteiger partial charge on any atom is 0.263 e. The minimum absolute atomic E-state index is 0.107. The van der Waals surface area contributed by atoms with Crippen molar-refractivity contribution < 1.29 is 14.6 Å². The van der Waals surface area contributed by atoms with E-state index in [1.807, 2.05) is 6.07 Å². The number of nitriles is 1. The molecule has 0 saturated heterocycles. The minimum atomic E-state index is -0.250. The molecule has 1 aliphatic rings. The lowest BCUT2D eigenvalue weighted by atomic mass is 10.1. The number of amides is 1. The lowest BCUT2D eigenvalue weighted by Crippen LogP contribution is -2.26. The number of aliphatic hydroxyl groups excluding tert-OH is 1. The van der Waals surface area contributed by atoms with Crippen LogP contribution < -0.4 is 10.1 Å². The van der Waals surface area contributed by atoms with E-state index < -0.39 is 0 Å². The van der Waals surface area contributed by atoms with Gasteiger partial charge in [0.05, 0.1) is 24.5 Å². The van der Waals surface area contributed by atoms with Crippen LogP contribution in [0.5, 0.6) is 5.75 Å². The molecule has 3 rings (SSSR count). The Kier molecular flexibility index (Phi) is 5.31. The third kappa shape index (κ3) is 4.16. The van der Waals surface area contributed by atoms with Gasteiger partial charge in [0.2, 0.25) is 0 Å². The van der Waals surface area contributed by atoms with Gasteiger partial charge in [0.1, 0.15) is 21.7 Å². The molecule has 1 fully saturated rings. The Morgan fingerprint density at radius 2 is 2.32 bits per heavy atom. The summed E-state index contributed by atoms with van der Waals surface area (Å²) in [5, 5.41) is 21.5. The summed E-state index contributed by atoms with van der Waals surface area (Å²) < 4.78 is 5.73. The molecule has 1 aliphatic carbocycles. The molecule has 1 aromatic carbocycles. The average Bonchev–Trinajstić information content (AvgIpc) is 3.38. The van der Waals surface area contributed by atoms with E-state index in [4.69, 9.17) is 9.84 Å². The third-order valence-electron chi connectivity index (χ3n) is 3.92. The van der Waals surface area contributed by atoms with Crippen LogP contribution in [0.4, 0.5) is 0 Å². The third-order valence-corrected chi connectivity index (χ3v) is 5.12. The van der Waals surface area contributed by atoms with Gasteiger partial charge in [-0.15, -0.1) is 11.3 Å². The van der Waals surface area contributed by atoms with Crippen molar-refractivity contribution >= 4 is 17.2 Å². The van der Waals surface area contributed by atoms with E-state index in [0.717, 1.165) is 5.56 Å². The number of ether oxygens (including phenoxy) is 1. The fraction of sp³-hybridized carbons (Fsp3) is 0.389. The molecule has 1 heterocycles. The lowest BCUT2D eigenvalue weighted by molar-refractivity contribution is 0.0948. The first kappa shape index (κ1) is 17.4. The smallest absolute Gasteiger partial charge is 0.263 e. The Hall–Kier alpha value is -2.43. The fourth-order valence-electron chi connectivity index (χ4n) is 2.35. The molecule has 1 amide bonds. The molecule has 2 aromatic rings. The number of thiazole rings is 1. The van der Waals surface area contributed by atoms with Crippen LogP contribution in [0.2, 0.25) is 0 Å². The van der Waals surface area contributed by atoms with Gasteiger partial charge in [-0.3, -0.25) is 4.79 Å². The average molecular weight is 357 g/mol. The quantitative estimate of drug-likeness (QED) is 0.794. The Morgan fingerprint density at radius 1 is 1.52 bits per heavy atom. The van der Waals surface area contributed by atoms with Crippen molar-refractivity contribution in [1.82, 2.24) is 10.3 Å². The van der Waals surface area contributed by atoms with Gasteiger partial charge in [-0.2, -0.15) is 5.26 Å². The first-order valence-electron chi connectivity index (χ1n) is 8.16. The molecular formula is C18H19N3O3S. The number of carbonyl (C=O) groups is 1. The van der Waals surface area contributed by atoms with Gasteiger partial charge in [0.15, 0.2) is 0 Å². The minimum Gasteiger partial charge on any atom is -0.492 e. The fourth-order valence-corrected chi connectivity index (χ4v) is 3.33. The molecule has 1 saturated carbocycles. The second-order valence-electron chi connectivity index (χ2n) is 5.99. The molecule has 0 spiro atoms. The summed E-state index contributed by atoms with van der Waals surface area (Å²) in [6, 6.07) is 7.56. The molecule has 1 aromatic heterocycles. The molecule has 6 nitrogen and oxygen atoms in total. The highest BCUT2D eigenvalue weighted by Gasteiger charge is 2.22. The Bertz CT molecular complexity index is 821. The van der Waals surface area contributed by atoms with Crippen LogP contribution in [0.3, 0.4) is 0 Å². The van der Waals surface area contributed by atoms with Crippen LogP contribution in [-0.4, -0.2) is 35.8 Å². The van der Waals surface area contributed by atoms with E-state index in [9.17, 15) is 10.1 Å². The van der Waals surface area contributed by atoms with Gasteiger partial charge in [-0.25, -0.2) is 4.98 Å². The van der Waals surface area contributed by atoms with Crippen LogP contribution in [0.1, 0.15) is 33.8 Å². The molecule has 0 bridgehead atoms. The van der Waals surface area contributed by atoms with E-state index in [1.54, 1.807) is 19.1 Å². The highest BCUT2D eigenvalue weighted by molar-refractivity contribution is 7.17. The van der Waals surface area contributed by atoms with Crippen LogP contribution >= 0.6 is 11.3 Å². The molecule has 0 unspecified atom stereocenters. The number of hydrogen-bond donors (Lipinski definition) is 2. The van der Waals surface area contributed by atoms with Crippen molar-refractivity contribution in [1.29, 1.82) is 5.26 Å². The molecule has 130 valence electrons. The number of aromatic nitrogens is 1. The Balaban J connectivity index is 1.81. The first-order valence-corrected chi connectivity index (χ1v) is 8.98. The van der Waals surface area contributed by atoms with Crippen LogP contribution in [-0.2, 0) is 0 Å². The zero-order valence-corrected chi connectivity index (χ0v) is 14.7. The van der Waals surface area contributed by atoms with Crippen molar-refractivity contribution in [3.63, 3.8) is 0 Å². The zero-order valence-electron chi connectivity index (χ0n) is 13.9. The number of aryl methyl sites for hydroxylation is 1. The van der Waals surface area contributed by atoms with Gasteiger partial charge in [0.25, 0.3) is 5.91 Å². The molecule has 0 atom stereocenters. The second-order valence-corrected chi connectivity index (χ2v) is 6.99. The van der Waals surface area contributed by atoms with Crippen molar-refractivity contribution in [3.05, 3.63) is 34.3 Å². The maximum absolute atomic E-state index is 12.1. The van der Waals surface area contributed by atoms with Gasteiger partial charge < -0.3 is 15.2 Å². The predicted molar refractivity (Wildman–Crippen MR) is 94.6 cm³/mol. The van der Waals surface area contributed by atoms with E-state index in [1.165, 1.54) is 24.2 Å². The van der Waals surface area contributed by atoms with Gasteiger partial charge >= 0.3 is 0 Å². The molecule has 0 aliphatic heterocycles. The van der Waals surface area contributed by atoms with Crippen molar-refractivity contribution in [2.24, 2.45) is 5.92 Å². The highest BCUT2D eigenvalue weighted by Crippen LogP contribution is 2.33. The van der Waals surface area contributed by atoms with E-state index >= 15 is 0 Å². The highest BCUT2D eigenvalue weighted by atomic mass is 32.1. The van der Waals surface area contributed by atoms with Crippen LogP contribution in [0.25, 0.3) is 10.6 Å². The van der Waals surface area contributed by atoms with E-state index in [-0.39, 0.29) is 19.1 Å². The normalized spacial score (nSPS) is 13.3. The molecular weight excluding hydrogens is 338 g/mol. The van der Waals surface area contributed by atoms with Gasteiger partial charge in [0, 0.05) is 12.1 Å². The SMILES string of the molecule is Cc1nc(-c2ccc(OCC3CC3)c(C#N)c2)sc1C(=O)NCCO. The number of nitrogens with one attached hydrogen (secondary N) is 1. The summed E-state index contributed by atoms with van der Waals surface area (Å²) in [6.07, 6.45) is 2.39. The number of carbonyl (C=O) groups excluding carboxylic acids is 1. The van der Waals surface area contributed by atoms with E-state index in [2.05, 4.69) is 16.4 Å². The number of hydrogen-bond acceptors (Lipinski definition) is 6. The number of rotatable bonds is 7. The zero-order chi connectivity index (χ0) is 17.8. The molecule has 7 heteroatoms. The summed E-state index contributed by atoms with van der Waals surface area (Å²) in [5.41, 5.74) is 1.88. The van der Waals surface area contributed by atoms with Crippen LogP contribution in [0, 0.1) is 24.2 Å². The molecule has 0 radical (unpaired) electrons. The number of nitrogens with zero attached hydrogens (tertiary/aromatic N) is 2. The number of benzene rings is 1. The first-order chi connectivity index (χ1) is 12.1. The molecule has 25 heavy (non-hydrogen) atoms. The van der Waals surface area contributed by atoms with Crippen molar-refractivity contribution in [2.45, 2.75) is 19.8 Å². The summed E-state index contributed by atoms with van der Waals surface area (Å²) in [7, 11) is 0. The lowest BCUT2D eigenvalue weighted by Gasteiger charge is -2.08. The van der Waals surface area contributed by atoms with Crippen molar-refractivity contribution in [3.8, 4) is 22.4 Å². The summed E-state index contributed by atoms with van der Waals surface area (Å²) >= 11 is 1.27. The van der Waals surface area contributed by atoms with Crippen LogP contribution in [0.15, 0.2) is 18.2 Å². The summed E-state index contributed by atoms with van der Waals surface area (Å²) in [6.45, 7) is 2.52. The maximum atomic E-state index is 12.1. The number of aliphatic hydroxyl groups is 1. The Morgan fingerprint density at radius 3 is 3.00 bits per heavy atom. The van der Waals surface area contributed by atoms with E-state index in [0.29, 0.717) is 39.4 Å². The Labute approximate surface area is 150 Å². The predicted octanol–water partition coefficient (Wildman–Crippen LogP) is 2.50. The topological polar surface area (TPSA) is 95.2 Å². The second kappa shape index (κ2) is 7.64.